The van der Waals surface area contributed by atoms with Gasteiger partial charge in [0.1, 0.15) is 11.6 Å². The van der Waals surface area contributed by atoms with E-state index in [0.717, 1.165) is 11.1 Å². The molecule has 0 aliphatic rings. The molecule has 0 spiro atoms. The van der Waals surface area contributed by atoms with E-state index in [9.17, 15) is 8.78 Å². The predicted molar refractivity (Wildman–Crippen MR) is 101 cm³/mol. The minimum Gasteiger partial charge on any atom is -0.208 e. The van der Waals surface area contributed by atoms with Gasteiger partial charge in [-0.1, -0.05) is 29.8 Å². The second-order valence-electron chi connectivity index (χ2n) is 6.19. The zero-order valence-electron chi connectivity index (χ0n) is 14.5. The molecule has 3 nitrogen and oxygen atoms in total. The Balaban J connectivity index is 1.89. The number of hydrogen-bond acceptors (Lipinski definition) is 3. The third kappa shape index (κ3) is 3.72. The number of rotatable bonds is 3. The van der Waals surface area contributed by atoms with E-state index in [2.05, 4.69) is 15.0 Å². The molecular formula is C22H15F2N3. The van der Waals surface area contributed by atoms with Crippen LogP contribution >= 0.6 is 0 Å². The monoisotopic (exact) mass is 359 g/mol. The van der Waals surface area contributed by atoms with Gasteiger partial charge in [-0.3, -0.25) is 0 Å². The van der Waals surface area contributed by atoms with Crippen molar-refractivity contribution < 1.29 is 8.78 Å². The summed E-state index contributed by atoms with van der Waals surface area (Å²) in [5, 5.41) is 0. The van der Waals surface area contributed by atoms with Crippen LogP contribution < -0.4 is 0 Å². The highest BCUT2D eigenvalue weighted by atomic mass is 19.1. The Morgan fingerprint density at radius 2 is 0.778 bits per heavy atom. The van der Waals surface area contributed by atoms with Crippen LogP contribution in [0.1, 0.15) is 5.56 Å². The highest BCUT2D eigenvalue weighted by molar-refractivity contribution is 5.66. The maximum Gasteiger partial charge on any atom is 0.164 e. The van der Waals surface area contributed by atoms with Gasteiger partial charge in [-0.25, -0.2) is 23.7 Å². The Bertz CT molecular complexity index is 920. The van der Waals surface area contributed by atoms with Gasteiger partial charge in [0.25, 0.3) is 0 Å². The molecule has 4 rings (SSSR count). The highest BCUT2D eigenvalue weighted by Gasteiger charge is 2.12. The lowest BCUT2D eigenvalue weighted by Crippen LogP contribution is -2.00. The second kappa shape index (κ2) is 7.03. The standard InChI is InChI=1S/C22H15F2N3/c1-14-2-4-15(5-3-14)20-25-21(16-6-10-18(23)11-7-16)27-22(26-20)17-8-12-19(24)13-9-17/h2-13H,1H3. The molecule has 0 fully saturated rings. The average Bonchev–Trinajstić information content (AvgIpc) is 2.69. The van der Waals surface area contributed by atoms with Crippen molar-refractivity contribution in [3.63, 3.8) is 0 Å². The number of benzene rings is 3. The number of aromatic nitrogens is 3. The molecule has 0 saturated carbocycles. The van der Waals surface area contributed by atoms with Crippen molar-refractivity contribution in [3.8, 4) is 34.2 Å². The van der Waals surface area contributed by atoms with E-state index in [1.165, 1.54) is 24.3 Å². The summed E-state index contributed by atoms with van der Waals surface area (Å²) in [4.78, 5) is 13.6. The Hall–Kier alpha value is -3.47. The smallest absolute Gasteiger partial charge is 0.164 e. The summed E-state index contributed by atoms with van der Waals surface area (Å²) in [6.45, 7) is 2.01. The maximum atomic E-state index is 13.3. The Morgan fingerprint density at radius 1 is 0.481 bits per heavy atom. The molecule has 27 heavy (non-hydrogen) atoms. The summed E-state index contributed by atoms with van der Waals surface area (Å²) in [6.07, 6.45) is 0. The van der Waals surface area contributed by atoms with Crippen molar-refractivity contribution in [2.45, 2.75) is 6.92 Å². The van der Waals surface area contributed by atoms with Crippen LogP contribution in [0.4, 0.5) is 8.78 Å². The number of nitrogens with zero attached hydrogens (tertiary/aromatic N) is 3. The molecule has 1 heterocycles. The van der Waals surface area contributed by atoms with E-state index in [1.54, 1.807) is 24.3 Å². The molecule has 0 saturated heterocycles. The summed E-state index contributed by atoms with van der Waals surface area (Å²) in [6, 6.07) is 19.8. The molecule has 0 atom stereocenters. The van der Waals surface area contributed by atoms with Crippen molar-refractivity contribution in [1.82, 2.24) is 15.0 Å². The van der Waals surface area contributed by atoms with Gasteiger partial charge < -0.3 is 0 Å². The van der Waals surface area contributed by atoms with E-state index in [0.29, 0.717) is 28.6 Å². The molecule has 132 valence electrons. The average molecular weight is 359 g/mol. The number of aryl methyl sites for hydroxylation is 1. The van der Waals surface area contributed by atoms with Crippen LogP contribution in [-0.2, 0) is 0 Å². The molecular weight excluding hydrogens is 344 g/mol. The van der Waals surface area contributed by atoms with Crippen LogP contribution in [0.2, 0.25) is 0 Å². The fourth-order valence-corrected chi connectivity index (χ4v) is 2.66. The van der Waals surface area contributed by atoms with Crippen LogP contribution in [0.5, 0.6) is 0 Å². The van der Waals surface area contributed by atoms with Crippen LogP contribution in [0, 0.1) is 18.6 Å². The van der Waals surface area contributed by atoms with Gasteiger partial charge in [0, 0.05) is 16.7 Å². The van der Waals surface area contributed by atoms with Crippen molar-refractivity contribution in [2.75, 3.05) is 0 Å². The topological polar surface area (TPSA) is 38.7 Å². The summed E-state index contributed by atoms with van der Waals surface area (Å²) >= 11 is 0. The summed E-state index contributed by atoms with van der Waals surface area (Å²) in [5.41, 5.74) is 3.33. The lowest BCUT2D eigenvalue weighted by Gasteiger charge is -2.08. The van der Waals surface area contributed by atoms with Crippen molar-refractivity contribution in [3.05, 3.63) is 90.0 Å². The lowest BCUT2D eigenvalue weighted by molar-refractivity contribution is 0.627. The molecule has 0 N–H and O–H groups in total. The molecule has 3 aromatic carbocycles. The lowest BCUT2D eigenvalue weighted by atomic mass is 10.1. The molecule has 0 amide bonds. The molecule has 0 bridgehead atoms. The van der Waals surface area contributed by atoms with Gasteiger partial charge in [-0.2, -0.15) is 0 Å². The molecule has 5 heteroatoms. The van der Waals surface area contributed by atoms with E-state index in [1.807, 2.05) is 31.2 Å². The van der Waals surface area contributed by atoms with Gasteiger partial charge in [0.2, 0.25) is 0 Å². The van der Waals surface area contributed by atoms with E-state index in [-0.39, 0.29) is 11.6 Å². The van der Waals surface area contributed by atoms with Gasteiger partial charge in [0.15, 0.2) is 17.5 Å². The highest BCUT2D eigenvalue weighted by Crippen LogP contribution is 2.25. The first-order valence-electron chi connectivity index (χ1n) is 8.43. The van der Waals surface area contributed by atoms with Gasteiger partial charge in [-0.05, 0) is 55.5 Å². The van der Waals surface area contributed by atoms with Crippen LogP contribution in [0.3, 0.4) is 0 Å². The molecule has 1 aromatic heterocycles. The van der Waals surface area contributed by atoms with Crippen LogP contribution in [-0.4, -0.2) is 15.0 Å². The van der Waals surface area contributed by atoms with Gasteiger partial charge >= 0.3 is 0 Å². The van der Waals surface area contributed by atoms with E-state index < -0.39 is 0 Å². The fourth-order valence-electron chi connectivity index (χ4n) is 2.66. The normalized spacial score (nSPS) is 10.8. The molecule has 0 aliphatic heterocycles. The van der Waals surface area contributed by atoms with Gasteiger partial charge in [-0.15, -0.1) is 0 Å². The SMILES string of the molecule is Cc1ccc(-c2nc(-c3ccc(F)cc3)nc(-c3ccc(F)cc3)n2)cc1. The zero-order chi connectivity index (χ0) is 18.8. The minimum absolute atomic E-state index is 0.328. The Labute approximate surface area is 155 Å². The minimum atomic E-state index is -0.328. The first kappa shape index (κ1) is 17.0. The van der Waals surface area contributed by atoms with Crippen molar-refractivity contribution >= 4 is 0 Å². The third-order valence-electron chi connectivity index (χ3n) is 4.15. The molecule has 0 unspecified atom stereocenters. The molecule has 0 aliphatic carbocycles. The Kier molecular flexibility index (Phi) is 4.42. The van der Waals surface area contributed by atoms with Crippen LogP contribution in [0.15, 0.2) is 72.8 Å². The third-order valence-corrected chi connectivity index (χ3v) is 4.15. The van der Waals surface area contributed by atoms with Crippen molar-refractivity contribution in [1.29, 1.82) is 0 Å². The maximum absolute atomic E-state index is 13.3. The number of halogens is 2. The Morgan fingerprint density at radius 3 is 1.11 bits per heavy atom. The van der Waals surface area contributed by atoms with Gasteiger partial charge in [0.05, 0.1) is 0 Å². The molecule has 0 radical (unpaired) electrons. The first-order chi connectivity index (χ1) is 13.1. The quantitative estimate of drug-likeness (QED) is 0.488. The summed E-state index contributed by atoms with van der Waals surface area (Å²) in [7, 11) is 0. The van der Waals surface area contributed by atoms with Crippen LogP contribution in [0.25, 0.3) is 34.2 Å². The largest absolute Gasteiger partial charge is 0.208 e. The second-order valence-corrected chi connectivity index (χ2v) is 6.19. The van der Waals surface area contributed by atoms with E-state index >= 15 is 0 Å². The fraction of sp³-hybridized carbons (Fsp3) is 0.0455. The summed E-state index contributed by atoms with van der Waals surface area (Å²) < 4.78 is 26.6. The summed E-state index contributed by atoms with van der Waals surface area (Å²) in [5.74, 6) is 0.707. The number of hydrogen-bond donors (Lipinski definition) is 0. The van der Waals surface area contributed by atoms with Crippen molar-refractivity contribution in [2.24, 2.45) is 0 Å². The van der Waals surface area contributed by atoms with E-state index in [4.69, 9.17) is 0 Å². The predicted octanol–water partition coefficient (Wildman–Crippen LogP) is 5.46. The first-order valence-corrected chi connectivity index (χ1v) is 8.43. The zero-order valence-corrected chi connectivity index (χ0v) is 14.5. The molecule has 4 aromatic rings.